The van der Waals surface area contributed by atoms with Crippen LogP contribution in [0.3, 0.4) is 0 Å². The molecule has 0 radical (unpaired) electrons. The molecular weight excluding hydrogens is 272 g/mol. The first-order chi connectivity index (χ1) is 9.00. The Bertz CT molecular complexity index is 404. The fraction of sp³-hybridized carbons (Fsp3) is 1.00. The first-order valence-electron chi connectivity index (χ1n) is 7.72. The Labute approximate surface area is 125 Å². The average molecular weight is 305 g/mol. The summed E-state index contributed by atoms with van der Waals surface area (Å²) in [7, 11) is -3.17. The second-order valence-corrected chi connectivity index (χ2v) is 9.32. The summed E-state index contributed by atoms with van der Waals surface area (Å²) >= 11 is 0. The van der Waals surface area contributed by atoms with Crippen molar-refractivity contribution >= 4 is 10.0 Å². The lowest BCUT2D eigenvalue weighted by Gasteiger charge is -2.39. The van der Waals surface area contributed by atoms with Gasteiger partial charge in [0.2, 0.25) is 10.0 Å². The lowest BCUT2D eigenvalue weighted by Crippen LogP contribution is -2.54. The molecule has 1 saturated carbocycles. The van der Waals surface area contributed by atoms with E-state index in [2.05, 4.69) is 30.8 Å². The van der Waals surface area contributed by atoms with Crippen LogP contribution in [-0.4, -0.2) is 32.8 Å². The zero-order valence-electron chi connectivity index (χ0n) is 13.9. The van der Waals surface area contributed by atoms with Crippen molar-refractivity contribution in [1.82, 2.24) is 10.0 Å². The highest BCUT2D eigenvalue weighted by atomic mass is 32.2. The lowest BCUT2D eigenvalue weighted by molar-refractivity contribution is 0.163. The van der Waals surface area contributed by atoms with E-state index in [-0.39, 0.29) is 0 Å². The second kappa shape index (κ2) is 6.75. The Kier molecular flexibility index (Phi) is 6.05. The van der Waals surface area contributed by atoms with Crippen LogP contribution in [-0.2, 0) is 10.0 Å². The predicted octanol–water partition coefficient (Wildman–Crippen LogP) is 2.36. The van der Waals surface area contributed by atoms with Gasteiger partial charge in [0.25, 0.3) is 0 Å². The third-order valence-corrected chi connectivity index (χ3v) is 5.21. The molecule has 3 unspecified atom stereocenters. The van der Waals surface area contributed by atoms with E-state index < -0.39 is 15.6 Å². The fourth-order valence-electron chi connectivity index (χ4n) is 3.36. The van der Waals surface area contributed by atoms with E-state index >= 15 is 0 Å². The smallest absolute Gasteiger partial charge is 0.209 e. The zero-order chi connectivity index (χ0) is 15.6. The van der Waals surface area contributed by atoms with E-state index in [0.717, 1.165) is 5.92 Å². The molecule has 0 aliphatic heterocycles. The van der Waals surface area contributed by atoms with Crippen molar-refractivity contribution in [3.05, 3.63) is 0 Å². The van der Waals surface area contributed by atoms with Gasteiger partial charge in [0.1, 0.15) is 0 Å². The Balaban J connectivity index is 2.61. The van der Waals surface area contributed by atoms with Crippen LogP contribution in [0.2, 0.25) is 0 Å². The molecule has 0 aromatic carbocycles. The summed E-state index contributed by atoms with van der Waals surface area (Å²) in [5.41, 5.74) is -0.449. The lowest BCUT2D eigenvalue weighted by atomic mass is 9.74. The molecular formula is C15H32N2O2S. The van der Waals surface area contributed by atoms with Gasteiger partial charge in [-0.15, -0.1) is 0 Å². The van der Waals surface area contributed by atoms with Crippen LogP contribution in [0.4, 0.5) is 0 Å². The predicted molar refractivity (Wildman–Crippen MR) is 85.2 cm³/mol. The highest BCUT2D eigenvalue weighted by Gasteiger charge is 2.32. The van der Waals surface area contributed by atoms with E-state index in [1.54, 1.807) is 0 Å². The molecule has 1 aliphatic carbocycles. The van der Waals surface area contributed by atoms with Crippen molar-refractivity contribution in [2.24, 2.45) is 17.8 Å². The molecule has 1 rings (SSSR count). The fourth-order valence-corrected chi connectivity index (χ4v) is 4.44. The number of rotatable bonds is 6. The van der Waals surface area contributed by atoms with Crippen LogP contribution < -0.4 is 10.0 Å². The van der Waals surface area contributed by atoms with Crippen molar-refractivity contribution in [3.63, 3.8) is 0 Å². The van der Waals surface area contributed by atoms with E-state index in [0.29, 0.717) is 24.4 Å². The molecule has 4 nitrogen and oxygen atoms in total. The van der Waals surface area contributed by atoms with Gasteiger partial charge in [-0.3, -0.25) is 0 Å². The van der Waals surface area contributed by atoms with E-state index in [1.807, 2.05) is 13.8 Å². The molecule has 0 spiro atoms. The van der Waals surface area contributed by atoms with Crippen molar-refractivity contribution in [2.45, 2.75) is 65.5 Å². The number of nitrogens with one attached hydrogen (secondary N) is 2. The van der Waals surface area contributed by atoms with Crippen molar-refractivity contribution < 1.29 is 8.42 Å². The molecule has 0 saturated heterocycles. The summed E-state index contributed by atoms with van der Waals surface area (Å²) in [5.74, 6) is 2.12. The van der Waals surface area contributed by atoms with Crippen LogP contribution >= 0.6 is 0 Å². The zero-order valence-corrected chi connectivity index (χ0v) is 14.7. The number of hydrogen-bond donors (Lipinski definition) is 2. The third kappa shape index (κ3) is 6.10. The summed E-state index contributed by atoms with van der Waals surface area (Å²) in [5, 5.41) is 3.62. The SMILES string of the molecule is CC1CCC(C(C)C)C(NCC(C)(C)NS(C)(=O)=O)C1. The average Bonchev–Trinajstić information content (AvgIpc) is 2.22. The van der Waals surface area contributed by atoms with Crippen LogP contribution in [0.25, 0.3) is 0 Å². The van der Waals surface area contributed by atoms with Gasteiger partial charge in [-0.1, -0.05) is 27.2 Å². The topological polar surface area (TPSA) is 58.2 Å². The third-order valence-electron chi connectivity index (χ3n) is 4.29. The summed E-state index contributed by atoms with van der Waals surface area (Å²) < 4.78 is 25.5. The summed E-state index contributed by atoms with van der Waals surface area (Å²) in [6, 6.07) is 0.499. The monoisotopic (exact) mass is 304 g/mol. The van der Waals surface area contributed by atoms with E-state index in [9.17, 15) is 8.42 Å². The van der Waals surface area contributed by atoms with Gasteiger partial charge < -0.3 is 5.32 Å². The normalized spacial score (nSPS) is 28.9. The molecule has 1 aliphatic rings. The molecule has 120 valence electrons. The Morgan fingerprint density at radius 2 is 1.85 bits per heavy atom. The largest absolute Gasteiger partial charge is 0.312 e. The van der Waals surface area contributed by atoms with Gasteiger partial charge in [0, 0.05) is 18.1 Å². The first-order valence-corrected chi connectivity index (χ1v) is 9.61. The molecule has 20 heavy (non-hydrogen) atoms. The van der Waals surface area contributed by atoms with Gasteiger partial charge >= 0.3 is 0 Å². The molecule has 0 heterocycles. The minimum absolute atomic E-state index is 0.449. The minimum atomic E-state index is -3.17. The van der Waals surface area contributed by atoms with Crippen molar-refractivity contribution in [3.8, 4) is 0 Å². The molecule has 1 fully saturated rings. The van der Waals surface area contributed by atoms with Crippen LogP contribution in [0.15, 0.2) is 0 Å². The molecule has 0 amide bonds. The van der Waals surface area contributed by atoms with Gasteiger partial charge in [0.05, 0.1) is 6.26 Å². The summed E-state index contributed by atoms with van der Waals surface area (Å²) in [4.78, 5) is 0. The Morgan fingerprint density at radius 1 is 1.25 bits per heavy atom. The molecule has 0 aromatic heterocycles. The van der Waals surface area contributed by atoms with Crippen LogP contribution in [0.5, 0.6) is 0 Å². The Hall–Kier alpha value is -0.130. The quantitative estimate of drug-likeness (QED) is 0.792. The van der Waals surface area contributed by atoms with Crippen molar-refractivity contribution in [2.75, 3.05) is 12.8 Å². The molecule has 3 atom stereocenters. The second-order valence-electron chi connectivity index (χ2n) is 7.57. The highest BCUT2D eigenvalue weighted by molar-refractivity contribution is 7.88. The highest BCUT2D eigenvalue weighted by Crippen LogP contribution is 2.33. The van der Waals surface area contributed by atoms with E-state index in [4.69, 9.17) is 0 Å². The minimum Gasteiger partial charge on any atom is -0.312 e. The van der Waals surface area contributed by atoms with Gasteiger partial charge in [-0.05, 0) is 44.4 Å². The maximum atomic E-state index is 11.4. The number of sulfonamides is 1. The summed E-state index contributed by atoms with van der Waals surface area (Å²) in [6.07, 6.45) is 4.99. The molecule has 0 aromatic rings. The molecule has 2 N–H and O–H groups in total. The first kappa shape index (κ1) is 17.9. The van der Waals surface area contributed by atoms with Gasteiger partial charge in [-0.2, -0.15) is 0 Å². The maximum Gasteiger partial charge on any atom is 0.209 e. The Morgan fingerprint density at radius 3 is 2.35 bits per heavy atom. The van der Waals surface area contributed by atoms with Crippen LogP contribution in [0.1, 0.15) is 53.9 Å². The summed E-state index contributed by atoms with van der Waals surface area (Å²) in [6.45, 7) is 11.4. The van der Waals surface area contributed by atoms with Gasteiger partial charge in [0.15, 0.2) is 0 Å². The standard InChI is InChI=1S/C15H32N2O2S/c1-11(2)13-8-7-12(3)9-14(13)16-10-15(4,5)17-20(6,18)19/h11-14,16-17H,7-10H2,1-6H3. The van der Waals surface area contributed by atoms with Crippen LogP contribution in [0, 0.1) is 17.8 Å². The number of hydrogen-bond acceptors (Lipinski definition) is 3. The van der Waals surface area contributed by atoms with Crippen molar-refractivity contribution in [1.29, 1.82) is 0 Å². The maximum absolute atomic E-state index is 11.4. The van der Waals surface area contributed by atoms with Gasteiger partial charge in [-0.25, -0.2) is 13.1 Å². The molecule has 5 heteroatoms. The van der Waals surface area contributed by atoms with E-state index in [1.165, 1.54) is 25.5 Å². The molecule has 0 bridgehead atoms.